The predicted molar refractivity (Wildman–Crippen MR) is 92.5 cm³/mol. The minimum Gasteiger partial charge on any atom is -0.462 e. The number of hydrogen-bond acceptors (Lipinski definition) is 5. The molecule has 0 aliphatic rings. The van der Waals surface area contributed by atoms with Crippen molar-refractivity contribution >= 4 is 11.8 Å². The maximum Gasteiger partial charge on any atom is 0.338 e. The Morgan fingerprint density at radius 3 is 1.96 bits per heavy atom. The van der Waals surface area contributed by atoms with Gasteiger partial charge in [-0.3, -0.25) is 4.79 Å². The highest BCUT2D eigenvalue weighted by Gasteiger charge is 2.07. The van der Waals surface area contributed by atoms with Crippen LogP contribution in [0.5, 0.6) is 0 Å². The summed E-state index contributed by atoms with van der Waals surface area (Å²) in [6, 6.07) is 6.51. The van der Waals surface area contributed by atoms with Crippen molar-refractivity contribution < 1.29 is 23.8 Å². The van der Waals surface area contributed by atoms with Crippen LogP contribution in [0.1, 0.15) is 59.7 Å². The van der Waals surface area contributed by atoms with E-state index in [1.54, 1.807) is 31.4 Å². The number of esters is 1. The van der Waals surface area contributed by atoms with E-state index < -0.39 is 0 Å². The fraction of sp³-hybridized carbons (Fsp3) is 0.579. The van der Waals surface area contributed by atoms with Crippen LogP contribution in [-0.2, 0) is 14.2 Å². The van der Waals surface area contributed by atoms with E-state index in [2.05, 4.69) is 0 Å². The average molecular weight is 336 g/mol. The molecule has 0 N–H and O–H groups in total. The van der Waals surface area contributed by atoms with Crippen molar-refractivity contribution in [3.8, 4) is 0 Å². The number of carbonyl (C=O) groups is 2. The van der Waals surface area contributed by atoms with Crippen LogP contribution in [-0.4, -0.2) is 45.3 Å². The molecule has 5 nitrogen and oxygen atoms in total. The summed E-state index contributed by atoms with van der Waals surface area (Å²) in [7, 11) is 1.71. The number of methoxy groups -OCH3 is 1. The molecular formula is C19H28O5. The molecule has 24 heavy (non-hydrogen) atoms. The van der Waals surface area contributed by atoms with Crippen molar-refractivity contribution in [3.63, 3.8) is 0 Å². The van der Waals surface area contributed by atoms with E-state index in [9.17, 15) is 9.59 Å². The lowest BCUT2D eigenvalue weighted by atomic mass is 10.1. The van der Waals surface area contributed by atoms with Gasteiger partial charge in [0.1, 0.15) is 0 Å². The summed E-state index contributed by atoms with van der Waals surface area (Å²) in [5.74, 6) is -0.377. The first-order valence-electron chi connectivity index (χ1n) is 8.50. The average Bonchev–Trinajstić information content (AvgIpc) is 2.59. The summed E-state index contributed by atoms with van der Waals surface area (Å²) in [5, 5.41) is 0. The number of unbranched alkanes of at least 4 members (excludes halogenated alkanes) is 3. The Bertz CT molecular complexity index is 481. The van der Waals surface area contributed by atoms with Gasteiger partial charge in [-0.25, -0.2) is 4.79 Å². The largest absolute Gasteiger partial charge is 0.462 e. The minimum absolute atomic E-state index is 0.0198. The van der Waals surface area contributed by atoms with Crippen molar-refractivity contribution in [1.29, 1.82) is 0 Å². The van der Waals surface area contributed by atoms with Crippen LogP contribution in [0.25, 0.3) is 0 Å². The predicted octanol–water partition coefficient (Wildman–Crippen LogP) is 3.66. The Morgan fingerprint density at radius 1 is 0.792 bits per heavy atom. The van der Waals surface area contributed by atoms with Crippen LogP contribution in [0.3, 0.4) is 0 Å². The van der Waals surface area contributed by atoms with Gasteiger partial charge in [0.15, 0.2) is 5.78 Å². The number of ketones is 1. The Balaban J connectivity index is 2.02. The van der Waals surface area contributed by atoms with E-state index in [1.165, 1.54) is 6.92 Å². The molecule has 0 aliphatic heterocycles. The first-order chi connectivity index (χ1) is 11.6. The molecule has 0 spiro atoms. The third kappa shape index (κ3) is 8.79. The monoisotopic (exact) mass is 336 g/mol. The maximum absolute atomic E-state index is 11.8. The summed E-state index contributed by atoms with van der Waals surface area (Å²) >= 11 is 0. The van der Waals surface area contributed by atoms with E-state index in [1.807, 2.05) is 0 Å². The van der Waals surface area contributed by atoms with Crippen LogP contribution in [0, 0.1) is 0 Å². The molecule has 0 atom stereocenters. The Morgan fingerprint density at radius 2 is 1.33 bits per heavy atom. The molecule has 0 heterocycles. The van der Waals surface area contributed by atoms with Crippen LogP contribution in [0.2, 0.25) is 0 Å². The topological polar surface area (TPSA) is 61.8 Å². The van der Waals surface area contributed by atoms with Gasteiger partial charge >= 0.3 is 5.97 Å². The molecule has 0 aliphatic carbocycles. The first kappa shape index (κ1) is 20.3. The number of hydrogen-bond donors (Lipinski definition) is 0. The Kier molecular flexibility index (Phi) is 10.7. The lowest BCUT2D eigenvalue weighted by Gasteiger charge is -2.06. The van der Waals surface area contributed by atoms with E-state index in [0.29, 0.717) is 24.3 Å². The highest BCUT2D eigenvalue weighted by molar-refractivity contribution is 5.96. The van der Waals surface area contributed by atoms with E-state index in [-0.39, 0.29) is 11.8 Å². The van der Waals surface area contributed by atoms with Gasteiger partial charge in [-0.2, -0.15) is 0 Å². The fourth-order valence-electron chi connectivity index (χ4n) is 2.12. The van der Waals surface area contributed by atoms with Gasteiger partial charge in [0.05, 0.1) is 12.2 Å². The molecule has 0 unspecified atom stereocenters. The molecule has 0 radical (unpaired) electrons. The lowest BCUT2D eigenvalue weighted by Crippen LogP contribution is -2.08. The zero-order chi connectivity index (χ0) is 17.6. The smallest absolute Gasteiger partial charge is 0.338 e. The highest BCUT2D eigenvalue weighted by Crippen LogP contribution is 2.07. The van der Waals surface area contributed by atoms with Gasteiger partial charge in [0.25, 0.3) is 0 Å². The summed E-state index contributed by atoms with van der Waals surface area (Å²) in [6.45, 7) is 4.14. The molecule has 0 saturated heterocycles. The van der Waals surface area contributed by atoms with Gasteiger partial charge in [0, 0.05) is 32.5 Å². The molecule has 0 amide bonds. The van der Waals surface area contributed by atoms with E-state index >= 15 is 0 Å². The third-order valence-electron chi connectivity index (χ3n) is 3.58. The third-order valence-corrected chi connectivity index (χ3v) is 3.58. The van der Waals surface area contributed by atoms with Gasteiger partial charge in [-0.1, -0.05) is 12.1 Å². The molecule has 134 valence electrons. The van der Waals surface area contributed by atoms with Crippen LogP contribution < -0.4 is 0 Å². The second-order valence-electron chi connectivity index (χ2n) is 5.64. The molecule has 1 aromatic carbocycles. The molecule has 0 aromatic heterocycles. The van der Waals surface area contributed by atoms with Crippen LogP contribution in [0.15, 0.2) is 24.3 Å². The van der Waals surface area contributed by atoms with Gasteiger partial charge in [-0.05, 0) is 51.2 Å². The van der Waals surface area contributed by atoms with Crippen LogP contribution >= 0.6 is 0 Å². The molecule has 1 rings (SSSR count). The second-order valence-corrected chi connectivity index (χ2v) is 5.64. The summed E-state index contributed by atoms with van der Waals surface area (Å²) in [6.07, 6.45) is 4.89. The SMILES string of the molecule is COCCCCCOCCCCOC(=O)c1ccc(C(C)=O)cc1. The number of rotatable bonds is 13. The Labute approximate surface area is 144 Å². The Hall–Kier alpha value is -1.72. The van der Waals surface area contributed by atoms with Crippen molar-refractivity contribution in [1.82, 2.24) is 0 Å². The van der Waals surface area contributed by atoms with Crippen molar-refractivity contribution in [2.45, 2.75) is 39.0 Å². The highest BCUT2D eigenvalue weighted by atomic mass is 16.5. The van der Waals surface area contributed by atoms with Gasteiger partial charge < -0.3 is 14.2 Å². The quantitative estimate of drug-likeness (QED) is 0.312. The summed E-state index contributed by atoms with van der Waals surface area (Å²) < 4.78 is 15.7. The van der Waals surface area contributed by atoms with E-state index in [4.69, 9.17) is 14.2 Å². The fourth-order valence-corrected chi connectivity index (χ4v) is 2.12. The molecule has 1 aromatic rings. The zero-order valence-electron chi connectivity index (χ0n) is 14.7. The van der Waals surface area contributed by atoms with Gasteiger partial charge in [0.2, 0.25) is 0 Å². The molecule has 5 heteroatoms. The van der Waals surface area contributed by atoms with Crippen LogP contribution in [0.4, 0.5) is 0 Å². The molecule has 0 saturated carbocycles. The van der Waals surface area contributed by atoms with Crippen molar-refractivity contribution in [2.24, 2.45) is 0 Å². The summed E-state index contributed by atoms with van der Waals surface area (Å²) in [5.41, 5.74) is 1.05. The normalized spacial score (nSPS) is 10.6. The minimum atomic E-state index is -0.357. The first-order valence-corrected chi connectivity index (χ1v) is 8.50. The standard InChI is InChI=1S/C19H28O5/c1-16(20)17-8-10-18(11-9-17)19(21)24-15-7-6-14-23-13-5-3-4-12-22-2/h8-11H,3-7,12-15H2,1-2H3. The number of Topliss-reactive ketones (excluding diaryl/α,β-unsaturated/α-hetero) is 1. The summed E-state index contributed by atoms with van der Waals surface area (Å²) in [4.78, 5) is 23.0. The van der Waals surface area contributed by atoms with Crippen molar-refractivity contribution in [2.75, 3.05) is 33.5 Å². The maximum atomic E-state index is 11.8. The molecule has 0 bridgehead atoms. The lowest BCUT2D eigenvalue weighted by molar-refractivity contribution is 0.0480. The molecular weight excluding hydrogens is 308 g/mol. The number of carbonyl (C=O) groups excluding carboxylic acids is 2. The number of ether oxygens (including phenoxy) is 3. The second kappa shape index (κ2) is 12.7. The number of benzene rings is 1. The van der Waals surface area contributed by atoms with Gasteiger partial charge in [-0.15, -0.1) is 0 Å². The van der Waals surface area contributed by atoms with E-state index in [0.717, 1.165) is 45.3 Å². The van der Waals surface area contributed by atoms with Crippen molar-refractivity contribution in [3.05, 3.63) is 35.4 Å². The zero-order valence-corrected chi connectivity index (χ0v) is 14.7. The molecule has 0 fully saturated rings.